The first-order valence-corrected chi connectivity index (χ1v) is 12.9. The van der Waals surface area contributed by atoms with Gasteiger partial charge in [-0.15, -0.1) is 0 Å². The number of hydrogen-bond acceptors (Lipinski definition) is 6. The van der Waals surface area contributed by atoms with Gasteiger partial charge in [0, 0.05) is 35.3 Å². The number of nitrogens with zero attached hydrogens (tertiary/aromatic N) is 3. The average Bonchev–Trinajstić information content (AvgIpc) is 3.19. The minimum atomic E-state index is -0.288. The van der Waals surface area contributed by atoms with Crippen molar-refractivity contribution in [1.82, 2.24) is 20.5 Å². The van der Waals surface area contributed by atoms with Gasteiger partial charge in [-0.05, 0) is 51.2 Å². The molecule has 0 bridgehead atoms. The van der Waals surface area contributed by atoms with Crippen LogP contribution in [0.15, 0.2) is 29.4 Å². The molecule has 2 heterocycles. The number of carbonyl (C=O) groups is 2. The summed E-state index contributed by atoms with van der Waals surface area (Å²) in [6.07, 6.45) is 2.74. The maximum atomic E-state index is 13.4. The van der Waals surface area contributed by atoms with E-state index in [4.69, 9.17) is 11.6 Å². The normalized spacial score (nSPS) is 27.0. The molecule has 0 spiro atoms. The van der Waals surface area contributed by atoms with Crippen LogP contribution in [0.2, 0.25) is 5.02 Å². The Morgan fingerprint density at radius 2 is 2.12 bits per heavy atom. The molecular formula is C23H32ClN5O2S. The van der Waals surface area contributed by atoms with Gasteiger partial charge in [-0.3, -0.25) is 15.0 Å². The molecule has 4 atom stereocenters. The lowest BCUT2D eigenvalue weighted by atomic mass is 9.75. The molecule has 2 N–H and O–H groups in total. The van der Waals surface area contributed by atoms with Crippen molar-refractivity contribution >= 4 is 40.3 Å². The molecule has 174 valence electrons. The number of hydrazone groups is 1. The largest absolute Gasteiger partial charge is 0.354 e. The Morgan fingerprint density at radius 3 is 2.84 bits per heavy atom. The highest BCUT2D eigenvalue weighted by Gasteiger charge is 2.52. The van der Waals surface area contributed by atoms with E-state index in [-0.39, 0.29) is 42.0 Å². The lowest BCUT2D eigenvalue weighted by molar-refractivity contribution is -0.157. The molecule has 1 aromatic rings. The monoisotopic (exact) mass is 477 g/mol. The van der Waals surface area contributed by atoms with E-state index < -0.39 is 0 Å². The first kappa shape index (κ1) is 23.2. The van der Waals surface area contributed by atoms with Crippen molar-refractivity contribution in [1.29, 1.82) is 0 Å². The highest BCUT2D eigenvalue weighted by atomic mass is 35.5. The van der Waals surface area contributed by atoms with Gasteiger partial charge in [0.1, 0.15) is 0 Å². The molecule has 7 nitrogen and oxygen atoms in total. The Balaban J connectivity index is 1.55. The summed E-state index contributed by atoms with van der Waals surface area (Å²) < 4.78 is 0. The second kappa shape index (κ2) is 9.91. The quantitative estimate of drug-likeness (QED) is 0.654. The first-order chi connectivity index (χ1) is 15.4. The summed E-state index contributed by atoms with van der Waals surface area (Å²) in [5.41, 5.74) is 4.25. The third kappa shape index (κ3) is 4.57. The van der Waals surface area contributed by atoms with Crippen molar-refractivity contribution in [3.8, 4) is 0 Å². The average molecular weight is 478 g/mol. The Morgan fingerprint density at radius 1 is 1.34 bits per heavy atom. The minimum Gasteiger partial charge on any atom is -0.354 e. The van der Waals surface area contributed by atoms with E-state index in [9.17, 15) is 9.59 Å². The third-order valence-corrected chi connectivity index (χ3v) is 7.79. The lowest BCUT2D eigenvalue weighted by Gasteiger charge is -2.51. The van der Waals surface area contributed by atoms with Gasteiger partial charge in [0.15, 0.2) is 11.5 Å². The molecule has 4 unspecified atom stereocenters. The van der Waals surface area contributed by atoms with E-state index >= 15 is 0 Å². The summed E-state index contributed by atoms with van der Waals surface area (Å²) in [6, 6.07) is 7.90. The van der Waals surface area contributed by atoms with Crippen LogP contribution in [0, 0.1) is 11.8 Å². The van der Waals surface area contributed by atoms with Crippen molar-refractivity contribution in [3.05, 3.63) is 34.9 Å². The van der Waals surface area contributed by atoms with Gasteiger partial charge in [0.2, 0.25) is 11.8 Å². The summed E-state index contributed by atoms with van der Waals surface area (Å²) >= 11 is 7.98. The van der Waals surface area contributed by atoms with E-state index in [0.29, 0.717) is 18.7 Å². The van der Waals surface area contributed by atoms with Gasteiger partial charge >= 0.3 is 0 Å². The van der Waals surface area contributed by atoms with Crippen LogP contribution in [-0.4, -0.2) is 51.7 Å². The number of benzene rings is 1. The Bertz CT molecular complexity index is 895. The van der Waals surface area contributed by atoms with Crippen molar-refractivity contribution in [2.24, 2.45) is 16.9 Å². The van der Waals surface area contributed by atoms with Gasteiger partial charge in [-0.2, -0.15) is 5.10 Å². The van der Waals surface area contributed by atoms with E-state index in [1.54, 1.807) is 11.8 Å². The van der Waals surface area contributed by atoms with E-state index in [1.807, 2.05) is 43.0 Å². The zero-order chi connectivity index (χ0) is 22.8. The predicted molar refractivity (Wildman–Crippen MR) is 129 cm³/mol. The van der Waals surface area contributed by atoms with Gasteiger partial charge in [-0.1, -0.05) is 48.5 Å². The Hall–Kier alpha value is -1.93. The van der Waals surface area contributed by atoms with Crippen LogP contribution in [0.4, 0.5) is 0 Å². The Labute approximate surface area is 199 Å². The second-order valence-electron chi connectivity index (χ2n) is 9.06. The van der Waals surface area contributed by atoms with Crippen LogP contribution in [0.25, 0.3) is 0 Å². The van der Waals surface area contributed by atoms with Gasteiger partial charge in [0.25, 0.3) is 0 Å². The molecule has 9 heteroatoms. The predicted octanol–water partition coefficient (Wildman–Crippen LogP) is 3.59. The molecule has 1 aromatic carbocycles. The summed E-state index contributed by atoms with van der Waals surface area (Å²) in [4.78, 5) is 30.3. The fourth-order valence-electron chi connectivity index (χ4n) is 4.93. The number of fused-ring (bicyclic) bond motifs is 3. The molecular weight excluding hydrogens is 446 g/mol. The standard InChI is InChI=1S/C23H32ClN5O2S/c1-4-11-28-21(31)17-10-9-15(20(30)25-14(2)3)12-19(17)29-22(28)26-27-23(29)32-13-16-7-5-6-8-18(16)24/h5-8,14-15,17,19,22,26H,4,9-13H2,1-3H3,(H,25,30). The fraction of sp³-hybridized carbons (Fsp3) is 0.609. The molecule has 4 rings (SSSR count). The smallest absolute Gasteiger partial charge is 0.230 e. The maximum Gasteiger partial charge on any atom is 0.230 e. The van der Waals surface area contributed by atoms with Crippen LogP contribution in [0.5, 0.6) is 0 Å². The van der Waals surface area contributed by atoms with Gasteiger partial charge in [-0.25, -0.2) is 0 Å². The third-order valence-electron chi connectivity index (χ3n) is 6.41. The number of amidine groups is 1. The molecule has 1 saturated heterocycles. The maximum absolute atomic E-state index is 13.4. The zero-order valence-electron chi connectivity index (χ0n) is 18.9. The molecule has 2 amide bonds. The van der Waals surface area contributed by atoms with Crippen LogP contribution in [0.1, 0.15) is 52.0 Å². The fourth-order valence-corrected chi connectivity index (χ4v) is 6.25. The van der Waals surface area contributed by atoms with Crippen LogP contribution < -0.4 is 10.7 Å². The molecule has 2 aliphatic heterocycles. The summed E-state index contributed by atoms with van der Waals surface area (Å²) in [5, 5.41) is 9.28. The Kier molecular flexibility index (Phi) is 7.20. The van der Waals surface area contributed by atoms with Crippen molar-refractivity contribution in [2.45, 2.75) is 70.6 Å². The van der Waals surface area contributed by atoms with Crippen LogP contribution in [-0.2, 0) is 15.3 Å². The molecule has 1 aliphatic carbocycles. The van der Waals surface area contributed by atoms with E-state index in [2.05, 4.69) is 27.7 Å². The number of amides is 2. The second-order valence-corrected chi connectivity index (χ2v) is 10.4. The molecule has 1 saturated carbocycles. The number of rotatable bonds is 6. The highest BCUT2D eigenvalue weighted by Crippen LogP contribution is 2.41. The number of thioether (sulfide) groups is 1. The summed E-state index contributed by atoms with van der Waals surface area (Å²) in [7, 11) is 0. The van der Waals surface area contributed by atoms with Crippen molar-refractivity contribution in [2.75, 3.05) is 6.54 Å². The number of carbonyl (C=O) groups excluding carboxylic acids is 2. The molecule has 0 radical (unpaired) electrons. The zero-order valence-corrected chi connectivity index (χ0v) is 20.5. The molecule has 0 aromatic heterocycles. The molecule has 32 heavy (non-hydrogen) atoms. The number of halogens is 1. The summed E-state index contributed by atoms with van der Waals surface area (Å²) in [5.74, 6) is 0.778. The first-order valence-electron chi connectivity index (χ1n) is 11.5. The van der Waals surface area contributed by atoms with Crippen LogP contribution >= 0.6 is 23.4 Å². The van der Waals surface area contributed by atoms with Gasteiger partial charge in [0.05, 0.1) is 5.92 Å². The molecule has 3 aliphatic rings. The van der Waals surface area contributed by atoms with Gasteiger partial charge < -0.3 is 15.1 Å². The highest BCUT2D eigenvalue weighted by molar-refractivity contribution is 8.13. The van der Waals surface area contributed by atoms with E-state index in [1.165, 1.54) is 0 Å². The number of nitrogens with one attached hydrogen (secondary N) is 2. The lowest BCUT2D eigenvalue weighted by Crippen LogP contribution is -2.68. The summed E-state index contributed by atoms with van der Waals surface area (Å²) in [6.45, 7) is 6.73. The minimum absolute atomic E-state index is 0.0373. The molecule has 2 fully saturated rings. The number of hydrogen-bond donors (Lipinski definition) is 2. The van der Waals surface area contributed by atoms with Crippen LogP contribution in [0.3, 0.4) is 0 Å². The topological polar surface area (TPSA) is 77.0 Å². The van der Waals surface area contributed by atoms with E-state index in [0.717, 1.165) is 35.0 Å². The van der Waals surface area contributed by atoms with Crippen molar-refractivity contribution < 1.29 is 9.59 Å². The van der Waals surface area contributed by atoms with Crippen molar-refractivity contribution in [3.63, 3.8) is 0 Å². The SMILES string of the molecule is CCCN1C(=O)C2CCC(C(=O)NC(C)C)CC2N2C(SCc3ccccc3Cl)=NNC12.